The first-order valence-corrected chi connectivity index (χ1v) is 13.2. The van der Waals surface area contributed by atoms with Gasteiger partial charge in [-0.2, -0.15) is 5.10 Å². The average Bonchev–Trinajstić information content (AvgIpc) is 3.41. The molecule has 32 heavy (non-hydrogen) atoms. The predicted octanol–water partition coefficient (Wildman–Crippen LogP) is 3.67. The highest BCUT2D eigenvalue weighted by Crippen LogP contribution is 2.27. The zero-order valence-corrected chi connectivity index (χ0v) is 20.0. The van der Waals surface area contributed by atoms with Crippen molar-refractivity contribution < 1.29 is 17.5 Å². The molecule has 4 rings (SSSR count). The largest absolute Gasteiger partial charge is 0.486 e. The topological polar surface area (TPSA) is 77.3 Å². The van der Waals surface area contributed by atoms with Gasteiger partial charge in [-0.25, -0.2) is 17.8 Å². The normalized spacial score (nSPS) is 17.8. The van der Waals surface area contributed by atoms with Gasteiger partial charge in [0.1, 0.15) is 23.2 Å². The average molecular weight is 479 g/mol. The van der Waals surface area contributed by atoms with E-state index in [1.165, 1.54) is 23.5 Å². The van der Waals surface area contributed by atoms with Crippen molar-refractivity contribution in [1.82, 2.24) is 19.7 Å². The Balaban J connectivity index is 1.35. The molecule has 3 heterocycles. The summed E-state index contributed by atoms with van der Waals surface area (Å²) in [4.78, 5) is 6.82. The van der Waals surface area contributed by atoms with E-state index in [2.05, 4.69) is 15.0 Å². The van der Waals surface area contributed by atoms with Crippen LogP contribution in [0.15, 0.2) is 29.6 Å². The highest BCUT2D eigenvalue weighted by molar-refractivity contribution is 7.91. The molecule has 0 amide bonds. The van der Waals surface area contributed by atoms with E-state index >= 15 is 0 Å². The van der Waals surface area contributed by atoms with Gasteiger partial charge >= 0.3 is 0 Å². The van der Waals surface area contributed by atoms with Gasteiger partial charge in [0, 0.05) is 29.7 Å². The van der Waals surface area contributed by atoms with Crippen molar-refractivity contribution in [2.45, 2.75) is 46.0 Å². The molecule has 1 saturated heterocycles. The van der Waals surface area contributed by atoms with Crippen LogP contribution in [0, 0.1) is 19.7 Å². The van der Waals surface area contributed by atoms with E-state index in [9.17, 15) is 12.8 Å². The van der Waals surface area contributed by atoms with Gasteiger partial charge in [0.2, 0.25) is 0 Å². The van der Waals surface area contributed by atoms with Gasteiger partial charge in [0.05, 0.1) is 28.9 Å². The first-order chi connectivity index (χ1) is 15.2. The summed E-state index contributed by atoms with van der Waals surface area (Å²) in [5.41, 5.74) is 4.06. The molecule has 10 heteroatoms. The Kier molecular flexibility index (Phi) is 6.64. The van der Waals surface area contributed by atoms with E-state index in [4.69, 9.17) is 4.74 Å². The van der Waals surface area contributed by atoms with Crippen molar-refractivity contribution in [3.63, 3.8) is 0 Å². The standard InChI is InChI=1S/C22H27FN4O3S2/c1-15-21(16(2)27(25-15)19-8-9-32(28,29)14-19)11-26(3)10-18-13-31-22(24-18)12-30-20-6-4-17(23)5-7-20/h4-7,13,19H,8-12,14H2,1-3H3/t19-/m1/s1. The zero-order chi connectivity index (χ0) is 22.9. The van der Waals surface area contributed by atoms with Crippen LogP contribution in [0.25, 0.3) is 0 Å². The van der Waals surface area contributed by atoms with E-state index in [1.807, 2.05) is 31.0 Å². The molecule has 7 nitrogen and oxygen atoms in total. The summed E-state index contributed by atoms with van der Waals surface area (Å²) >= 11 is 1.54. The molecular formula is C22H27FN4O3S2. The van der Waals surface area contributed by atoms with Crippen LogP contribution in [-0.4, -0.2) is 46.6 Å². The number of sulfone groups is 1. The number of hydrogen-bond acceptors (Lipinski definition) is 7. The minimum atomic E-state index is -2.96. The second-order valence-corrected chi connectivity index (χ2v) is 11.5. The lowest BCUT2D eigenvalue weighted by molar-refractivity contribution is 0.300. The number of ether oxygens (including phenoxy) is 1. The Morgan fingerprint density at radius 1 is 1.25 bits per heavy atom. The van der Waals surface area contributed by atoms with Gasteiger partial charge in [-0.3, -0.25) is 9.58 Å². The van der Waals surface area contributed by atoms with E-state index in [-0.39, 0.29) is 23.4 Å². The summed E-state index contributed by atoms with van der Waals surface area (Å²) in [6, 6.07) is 5.87. The Bertz CT molecular complexity index is 1190. The predicted molar refractivity (Wildman–Crippen MR) is 122 cm³/mol. The summed E-state index contributed by atoms with van der Waals surface area (Å²) in [6.45, 7) is 5.71. The molecule has 0 bridgehead atoms. The molecule has 1 atom stereocenters. The lowest BCUT2D eigenvalue weighted by atomic mass is 10.1. The zero-order valence-electron chi connectivity index (χ0n) is 18.4. The van der Waals surface area contributed by atoms with E-state index in [0.717, 1.165) is 27.7 Å². The van der Waals surface area contributed by atoms with Crippen molar-refractivity contribution in [3.05, 3.63) is 63.1 Å². The molecule has 2 aromatic heterocycles. The first-order valence-electron chi connectivity index (χ1n) is 10.5. The summed E-state index contributed by atoms with van der Waals surface area (Å²) in [6.07, 6.45) is 0.626. The minimum Gasteiger partial charge on any atom is -0.486 e. The fraction of sp³-hybridized carbons (Fsp3) is 0.455. The summed E-state index contributed by atoms with van der Waals surface area (Å²) in [7, 11) is -0.923. The molecule has 0 aliphatic carbocycles. The fourth-order valence-corrected chi connectivity index (χ4v) is 6.40. The lowest BCUT2D eigenvalue weighted by Crippen LogP contribution is -2.19. The lowest BCUT2D eigenvalue weighted by Gasteiger charge is -2.16. The summed E-state index contributed by atoms with van der Waals surface area (Å²) < 4.78 is 44.3. The van der Waals surface area contributed by atoms with Crippen LogP contribution in [0.5, 0.6) is 5.75 Å². The van der Waals surface area contributed by atoms with Crippen LogP contribution in [0.3, 0.4) is 0 Å². The Hall–Kier alpha value is -2.30. The first kappa shape index (κ1) is 22.9. The maximum Gasteiger partial charge on any atom is 0.152 e. The molecule has 1 aromatic carbocycles. The molecular weight excluding hydrogens is 451 g/mol. The van der Waals surface area contributed by atoms with Crippen molar-refractivity contribution in [1.29, 1.82) is 0 Å². The highest BCUT2D eigenvalue weighted by atomic mass is 32.2. The third-order valence-electron chi connectivity index (χ3n) is 5.66. The number of hydrogen-bond donors (Lipinski definition) is 0. The van der Waals surface area contributed by atoms with Crippen LogP contribution < -0.4 is 4.74 Å². The molecule has 0 radical (unpaired) electrons. The Morgan fingerprint density at radius 2 is 2.00 bits per heavy atom. The number of benzene rings is 1. The SMILES string of the molecule is Cc1nn([C@@H]2CCS(=O)(=O)C2)c(C)c1CN(C)Cc1csc(COc2ccc(F)cc2)n1. The van der Waals surface area contributed by atoms with Crippen LogP contribution in [0.1, 0.15) is 40.1 Å². The Morgan fingerprint density at radius 3 is 2.69 bits per heavy atom. The van der Waals surface area contributed by atoms with Crippen LogP contribution in [0.2, 0.25) is 0 Å². The highest BCUT2D eigenvalue weighted by Gasteiger charge is 2.31. The number of rotatable bonds is 8. The van der Waals surface area contributed by atoms with Crippen LogP contribution in [-0.2, 0) is 29.5 Å². The summed E-state index contributed by atoms with van der Waals surface area (Å²) in [5.74, 6) is 0.730. The van der Waals surface area contributed by atoms with Gasteiger partial charge in [0.15, 0.2) is 9.84 Å². The van der Waals surface area contributed by atoms with Crippen LogP contribution >= 0.6 is 11.3 Å². The Labute approximate surface area is 191 Å². The van der Waals surface area contributed by atoms with Gasteiger partial charge in [-0.05, 0) is 51.6 Å². The van der Waals surface area contributed by atoms with Gasteiger partial charge < -0.3 is 4.74 Å². The van der Waals surface area contributed by atoms with E-state index < -0.39 is 9.84 Å². The molecule has 1 aliphatic rings. The number of aromatic nitrogens is 3. The third kappa shape index (κ3) is 5.36. The van der Waals surface area contributed by atoms with Gasteiger partial charge in [-0.15, -0.1) is 11.3 Å². The van der Waals surface area contributed by atoms with Crippen LogP contribution in [0.4, 0.5) is 4.39 Å². The molecule has 1 aliphatic heterocycles. The number of halogens is 1. The number of nitrogens with zero attached hydrogens (tertiary/aromatic N) is 4. The van der Waals surface area contributed by atoms with E-state index in [0.29, 0.717) is 31.9 Å². The molecule has 0 spiro atoms. The second-order valence-electron chi connectivity index (χ2n) is 8.30. The van der Waals surface area contributed by atoms with Crippen molar-refractivity contribution in [2.24, 2.45) is 0 Å². The maximum atomic E-state index is 13.0. The minimum absolute atomic E-state index is 0.0695. The quantitative estimate of drug-likeness (QED) is 0.492. The smallest absolute Gasteiger partial charge is 0.152 e. The molecule has 0 unspecified atom stereocenters. The molecule has 3 aromatic rings. The fourth-order valence-electron chi connectivity index (χ4n) is 4.02. The molecule has 0 N–H and O–H groups in total. The third-order valence-corrected chi connectivity index (χ3v) is 8.29. The monoisotopic (exact) mass is 478 g/mol. The van der Waals surface area contributed by atoms with Gasteiger partial charge in [0.25, 0.3) is 0 Å². The number of thiazole rings is 1. The molecule has 0 saturated carbocycles. The maximum absolute atomic E-state index is 13.0. The molecule has 1 fully saturated rings. The van der Waals surface area contributed by atoms with E-state index in [1.54, 1.807) is 12.1 Å². The summed E-state index contributed by atoms with van der Waals surface area (Å²) in [5, 5.41) is 7.53. The van der Waals surface area contributed by atoms with Gasteiger partial charge in [-0.1, -0.05) is 0 Å². The second kappa shape index (κ2) is 9.29. The van der Waals surface area contributed by atoms with Crippen molar-refractivity contribution in [3.8, 4) is 5.75 Å². The molecule has 172 valence electrons. The van der Waals surface area contributed by atoms with Crippen molar-refractivity contribution >= 4 is 21.2 Å². The number of aryl methyl sites for hydroxylation is 1. The van der Waals surface area contributed by atoms with Crippen molar-refractivity contribution in [2.75, 3.05) is 18.6 Å².